The van der Waals surface area contributed by atoms with E-state index in [0.29, 0.717) is 16.3 Å². The molecule has 2 aromatic rings. The lowest BCUT2D eigenvalue weighted by Crippen LogP contribution is -2.19. The highest BCUT2D eigenvalue weighted by atomic mass is 32.1. The highest BCUT2D eigenvalue weighted by Crippen LogP contribution is 2.19. The van der Waals surface area contributed by atoms with Gasteiger partial charge in [-0.3, -0.25) is 14.6 Å². The Hall–Kier alpha value is -2.02. The Kier molecular flexibility index (Phi) is 3.52. The maximum absolute atomic E-state index is 11.6. The largest absolute Gasteiger partial charge is 0.467 e. The van der Waals surface area contributed by atoms with Crippen LogP contribution in [0.3, 0.4) is 0 Å². The number of hydrogen-bond donors (Lipinski definition) is 1. The normalized spacial score (nSPS) is 12.1. The molecule has 0 bridgehead atoms. The molecule has 1 unspecified atom stereocenters. The number of aromatic amines is 1. The van der Waals surface area contributed by atoms with Crippen molar-refractivity contribution < 1.29 is 9.53 Å². The van der Waals surface area contributed by atoms with Gasteiger partial charge in [-0.1, -0.05) is 6.07 Å². The molecule has 0 amide bonds. The lowest BCUT2D eigenvalue weighted by atomic mass is 10.3. The van der Waals surface area contributed by atoms with Crippen LogP contribution in [0.4, 0.5) is 0 Å². The van der Waals surface area contributed by atoms with Gasteiger partial charge in [-0.2, -0.15) is 5.10 Å². The quantitative estimate of drug-likeness (QED) is 0.675. The van der Waals surface area contributed by atoms with Crippen LogP contribution in [-0.2, 0) is 9.53 Å². The van der Waals surface area contributed by atoms with Crippen molar-refractivity contribution in [1.29, 1.82) is 0 Å². The molecule has 0 spiro atoms. The molecule has 0 aliphatic carbocycles. The zero-order valence-corrected chi connectivity index (χ0v) is 10.8. The van der Waals surface area contributed by atoms with Crippen LogP contribution in [0, 0.1) is 4.77 Å². The Morgan fingerprint density at radius 3 is 2.94 bits per heavy atom. The van der Waals surface area contributed by atoms with E-state index in [0.717, 1.165) is 0 Å². The summed E-state index contributed by atoms with van der Waals surface area (Å²) in [5, 5.41) is 6.76. The lowest BCUT2D eigenvalue weighted by Gasteiger charge is -2.12. The number of aromatic nitrogens is 4. The first-order valence-corrected chi connectivity index (χ1v) is 5.72. The fourth-order valence-electron chi connectivity index (χ4n) is 1.62. The molecule has 94 valence electrons. The molecule has 6 nitrogen and oxygen atoms in total. The van der Waals surface area contributed by atoms with Gasteiger partial charge in [0.15, 0.2) is 10.6 Å². The number of nitrogens with zero attached hydrogens (tertiary/aromatic N) is 3. The molecule has 0 saturated heterocycles. The monoisotopic (exact) mass is 264 g/mol. The first-order chi connectivity index (χ1) is 8.65. The number of carbonyl (C=O) groups is 1. The van der Waals surface area contributed by atoms with Gasteiger partial charge in [0.1, 0.15) is 11.7 Å². The van der Waals surface area contributed by atoms with Gasteiger partial charge < -0.3 is 4.74 Å². The van der Waals surface area contributed by atoms with Crippen molar-refractivity contribution >= 4 is 18.2 Å². The summed E-state index contributed by atoms with van der Waals surface area (Å²) in [5.41, 5.74) is 0.639. The predicted octanol–water partition coefficient (Wildman–Crippen LogP) is 1.74. The molecule has 1 N–H and O–H groups in total. The summed E-state index contributed by atoms with van der Waals surface area (Å²) in [7, 11) is 1.34. The first-order valence-electron chi connectivity index (χ1n) is 5.31. The van der Waals surface area contributed by atoms with Crippen LogP contribution >= 0.6 is 12.2 Å². The standard InChI is InChI=1S/C11H12N4O2S/c1-7(10(16)17-2)15-9(13-14-11(15)18)8-5-3-4-6-12-8/h3-7H,1-2H3,(H,14,18). The number of carbonyl (C=O) groups excluding carboxylic acids is 1. The highest BCUT2D eigenvalue weighted by molar-refractivity contribution is 7.71. The Bertz CT molecular complexity index is 605. The molecule has 0 aromatic carbocycles. The van der Waals surface area contributed by atoms with Gasteiger partial charge in [0.25, 0.3) is 0 Å². The fourth-order valence-corrected chi connectivity index (χ4v) is 1.91. The van der Waals surface area contributed by atoms with Crippen LogP contribution in [0.15, 0.2) is 24.4 Å². The average molecular weight is 264 g/mol. The predicted molar refractivity (Wildman–Crippen MR) is 67.4 cm³/mol. The molecule has 2 rings (SSSR count). The van der Waals surface area contributed by atoms with E-state index >= 15 is 0 Å². The molecular formula is C11H12N4O2S. The summed E-state index contributed by atoms with van der Waals surface area (Å²) in [6.07, 6.45) is 1.65. The van der Waals surface area contributed by atoms with E-state index in [1.807, 2.05) is 6.07 Å². The molecule has 0 aliphatic rings. The number of H-pyrrole nitrogens is 1. The van der Waals surface area contributed by atoms with E-state index in [2.05, 4.69) is 15.2 Å². The third-order valence-electron chi connectivity index (χ3n) is 2.53. The molecule has 18 heavy (non-hydrogen) atoms. The number of ether oxygens (including phenoxy) is 1. The number of methoxy groups -OCH3 is 1. The van der Waals surface area contributed by atoms with E-state index in [4.69, 9.17) is 17.0 Å². The van der Waals surface area contributed by atoms with E-state index in [-0.39, 0.29) is 5.97 Å². The average Bonchev–Trinajstić information content (AvgIpc) is 2.80. The van der Waals surface area contributed by atoms with Gasteiger partial charge in [-0.15, -0.1) is 0 Å². The van der Waals surface area contributed by atoms with E-state index in [1.54, 1.807) is 29.8 Å². The first kappa shape index (κ1) is 12.4. The smallest absolute Gasteiger partial charge is 0.328 e. The molecule has 7 heteroatoms. The second kappa shape index (κ2) is 5.09. The van der Waals surface area contributed by atoms with E-state index in [1.165, 1.54) is 7.11 Å². The number of hydrogen-bond acceptors (Lipinski definition) is 5. The minimum Gasteiger partial charge on any atom is -0.467 e. The molecule has 0 aliphatic heterocycles. The van der Waals surface area contributed by atoms with Crippen LogP contribution in [0.2, 0.25) is 0 Å². The topological polar surface area (TPSA) is 72.8 Å². The van der Waals surface area contributed by atoms with Crippen molar-refractivity contribution in [3.8, 4) is 11.5 Å². The van der Waals surface area contributed by atoms with Gasteiger partial charge in [0, 0.05) is 6.20 Å². The van der Waals surface area contributed by atoms with Crippen molar-refractivity contribution in [3.63, 3.8) is 0 Å². The Labute approximate surface area is 109 Å². The van der Waals surface area contributed by atoms with Crippen LogP contribution in [0.5, 0.6) is 0 Å². The lowest BCUT2D eigenvalue weighted by molar-refractivity contribution is -0.144. The third kappa shape index (κ3) is 2.17. The summed E-state index contributed by atoms with van der Waals surface area (Å²) >= 11 is 5.13. The summed E-state index contributed by atoms with van der Waals surface area (Å²) in [6, 6.07) is 4.88. The van der Waals surface area contributed by atoms with Crippen LogP contribution in [0.1, 0.15) is 13.0 Å². The van der Waals surface area contributed by atoms with Gasteiger partial charge in [-0.25, -0.2) is 4.79 Å². The summed E-state index contributed by atoms with van der Waals surface area (Å²) in [4.78, 5) is 15.8. The fraction of sp³-hybridized carbons (Fsp3) is 0.273. The SMILES string of the molecule is COC(=O)C(C)n1c(-c2ccccn2)n[nH]c1=S. The number of pyridine rings is 1. The molecular weight excluding hydrogens is 252 g/mol. The maximum atomic E-state index is 11.6. The Morgan fingerprint density at radius 2 is 2.33 bits per heavy atom. The summed E-state index contributed by atoms with van der Waals surface area (Å²) in [5.74, 6) is 0.128. The van der Waals surface area contributed by atoms with Gasteiger partial charge in [-0.05, 0) is 31.3 Å². The summed E-state index contributed by atoms with van der Waals surface area (Å²) < 4.78 is 6.66. The van der Waals surface area contributed by atoms with Crippen LogP contribution in [-0.4, -0.2) is 32.8 Å². The van der Waals surface area contributed by atoms with E-state index in [9.17, 15) is 4.79 Å². The Balaban J connectivity index is 2.52. The van der Waals surface area contributed by atoms with Crippen molar-refractivity contribution in [2.24, 2.45) is 0 Å². The minimum absolute atomic E-state index is 0.355. The molecule has 0 radical (unpaired) electrons. The van der Waals surface area contributed by atoms with Crippen molar-refractivity contribution in [2.45, 2.75) is 13.0 Å². The maximum Gasteiger partial charge on any atom is 0.328 e. The molecule has 0 fully saturated rings. The van der Waals surface area contributed by atoms with Crippen LogP contribution in [0.25, 0.3) is 11.5 Å². The third-order valence-corrected chi connectivity index (χ3v) is 2.82. The number of rotatable bonds is 3. The Morgan fingerprint density at radius 1 is 1.56 bits per heavy atom. The van der Waals surface area contributed by atoms with E-state index < -0.39 is 6.04 Å². The van der Waals surface area contributed by atoms with Gasteiger partial charge in [0.2, 0.25) is 0 Å². The second-order valence-electron chi connectivity index (χ2n) is 3.64. The molecule has 0 saturated carbocycles. The van der Waals surface area contributed by atoms with Gasteiger partial charge in [0.05, 0.1) is 7.11 Å². The van der Waals surface area contributed by atoms with Crippen molar-refractivity contribution in [1.82, 2.24) is 19.7 Å². The number of esters is 1. The van der Waals surface area contributed by atoms with Gasteiger partial charge >= 0.3 is 5.97 Å². The molecule has 2 heterocycles. The molecule has 2 aromatic heterocycles. The summed E-state index contributed by atoms with van der Waals surface area (Å²) in [6.45, 7) is 1.70. The van der Waals surface area contributed by atoms with Crippen LogP contribution < -0.4 is 0 Å². The minimum atomic E-state index is -0.557. The molecule has 1 atom stereocenters. The van der Waals surface area contributed by atoms with Crippen molar-refractivity contribution in [2.75, 3.05) is 7.11 Å². The number of nitrogens with one attached hydrogen (secondary N) is 1. The van der Waals surface area contributed by atoms with Crippen molar-refractivity contribution in [3.05, 3.63) is 29.2 Å². The zero-order valence-electron chi connectivity index (χ0n) is 9.95. The second-order valence-corrected chi connectivity index (χ2v) is 4.02. The zero-order chi connectivity index (χ0) is 13.1. The highest BCUT2D eigenvalue weighted by Gasteiger charge is 2.21.